The molecule has 110 valence electrons. The van der Waals surface area contributed by atoms with Gasteiger partial charge in [-0.1, -0.05) is 36.3 Å². The summed E-state index contributed by atoms with van der Waals surface area (Å²) in [5.41, 5.74) is 1.76. The fraction of sp³-hybridized carbons (Fsp3) is 0.111. The van der Waals surface area contributed by atoms with Crippen molar-refractivity contribution in [3.63, 3.8) is 0 Å². The highest BCUT2D eigenvalue weighted by Gasteiger charge is 2.23. The van der Waals surface area contributed by atoms with Crippen LogP contribution in [0.5, 0.6) is 0 Å². The number of ether oxygens (including phenoxy) is 1. The molecule has 2 aromatic rings. The Bertz CT molecular complexity index is 699. The minimum atomic E-state index is -0.856. The molecule has 0 aliphatic heterocycles. The number of hydrogen-bond donors (Lipinski definition) is 1. The van der Waals surface area contributed by atoms with Crippen LogP contribution in [-0.4, -0.2) is 19.0 Å². The van der Waals surface area contributed by atoms with Crippen molar-refractivity contribution in [2.24, 2.45) is 0 Å². The summed E-state index contributed by atoms with van der Waals surface area (Å²) in [7, 11) is 1.28. The second-order valence-electron chi connectivity index (χ2n) is 4.56. The molecule has 0 saturated carbocycles. The van der Waals surface area contributed by atoms with Crippen molar-refractivity contribution in [2.45, 2.75) is 6.04 Å². The highest BCUT2D eigenvalue weighted by molar-refractivity contribution is 5.97. The molecule has 0 spiro atoms. The first-order chi connectivity index (χ1) is 10.7. The number of hydrogen-bond acceptors (Lipinski definition) is 3. The fourth-order valence-corrected chi connectivity index (χ4v) is 1.97. The number of amides is 1. The van der Waals surface area contributed by atoms with Crippen molar-refractivity contribution in [1.82, 2.24) is 5.32 Å². The number of carbonyl (C=O) groups excluding carboxylic acids is 2. The van der Waals surface area contributed by atoms with Gasteiger partial charge < -0.3 is 10.1 Å². The third kappa shape index (κ3) is 3.53. The van der Waals surface area contributed by atoms with Gasteiger partial charge >= 0.3 is 5.97 Å². The van der Waals surface area contributed by atoms with E-state index in [0.717, 1.165) is 0 Å². The van der Waals surface area contributed by atoms with Crippen molar-refractivity contribution in [1.29, 1.82) is 0 Å². The number of rotatable bonds is 4. The standard InChI is InChI=1S/C18H15NO3/c1-3-13-9-11-15(12-10-13)17(20)19-16(18(21)22-2)14-7-5-4-6-8-14/h1,4-12,16H,2H3,(H,19,20). The molecule has 0 fully saturated rings. The number of esters is 1. The van der Waals surface area contributed by atoms with E-state index in [1.807, 2.05) is 6.07 Å². The predicted molar refractivity (Wildman–Crippen MR) is 83.0 cm³/mol. The second kappa shape index (κ2) is 7.09. The Hall–Kier alpha value is -3.06. The third-order valence-corrected chi connectivity index (χ3v) is 3.16. The molecule has 0 radical (unpaired) electrons. The lowest BCUT2D eigenvalue weighted by Gasteiger charge is -2.17. The van der Waals surface area contributed by atoms with Crippen LogP contribution in [0.2, 0.25) is 0 Å². The van der Waals surface area contributed by atoms with Gasteiger partial charge in [-0.2, -0.15) is 0 Å². The van der Waals surface area contributed by atoms with E-state index in [2.05, 4.69) is 11.2 Å². The van der Waals surface area contributed by atoms with Gasteiger partial charge in [0.1, 0.15) is 0 Å². The molecular weight excluding hydrogens is 278 g/mol. The molecule has 4 heteroatoms. The molecule has 0 aliphatic rings. The normalized spacial score (nSPS) is 11.1. The van der Waals surface area contributed by atoms with Crippen LogP contribution >= 0.6 is 0 Å². The Morgan fingerprint density at radius 3 is 2.27 bits per heavy atom. The summed E-state index contributed by atoms with van der Waals surface area (Å²) >= 11 is 0. The summed E-state index contributed by atoms with van der Waals surface area (Å²) in [6.45, 7) is 0. The topological polar surface area (TPSA) is 55.4 Å². The summed E-state index contributed by atoms with van der Waals surface area (Å²) in [4.78, 5) is 24.2. The van der Waals surface area contributed by atoms with Gasteiger partial charge in [0.25, 0.3) is 5.91 Å². The van der Waals surface area contributed by atoms with Gasteiger partial charge in [0.2, 0.25) is 0 Å². The zero-order valence-electron chi connectivity index (χ0n) is 12.1. The largest absolute Gasteiger partial charge is 0.467 e. The molecule has 4 nitrogen and oxygen atoms in total. The molecular formula is C18H15NO3. The number of benzene rings is 2. The van der Waals surface area contributed by atoms with Gasteiger partial charge in [0, 0.05) is 11.1 Å². The van der Waals surface area contributed by atoms with Gasteiger partial charge in [-0.15, -0.1) is 6.42 Å². The smallest absolute Gasteiger partial charge is 0.333 e. The van der Waals surface area contributed by atoms with Gasteiger partial charge in [0.15, 0.2) is 6.04 Å². The molecule has 0 aromatic heterocycles. The zero-order valence-corrected chi connectivity index (χ0v) is 12.1. The molecule has 1 unspecified atom stereocenters. The molecule has 1 amide bonds. The first-order valence-electron chi connectivity index (χ1n) is 6.66. The van der Waals surface area contributed by atoms with Crippen molar-refractivity contribution >= 4 is 11.9 Å². The van der Waals surface area contributed by atoms with E-state index < -0.39 is 12.0 Å². The Kier molecular flexibility index (Phi) is 4.94. The molecule has 0 bridgehead atoms. The lowest BCUT2D eigenvalue weighted by atomic mass is 10.1. The summed E-state index contributed by atoms with van der Waals surface area (Å²) in [6.07, 6.45) is 5.28. The van der Waals surface area contributed by atoms with Crippen LogP contribution in [0.15, 0.2) is 54.6 Å². The lowest BCUT2D eigenvalue weighted by molar-refractivity contribution is -0.143. The van der Waals surface area contributed by atoms with Gasteiger partial charge in [-0.05, 0) is 29.8 Å². The highest BCUT2D eigenvalue weighted by Crippen LogP contribution is 2.15. The van der Waals surface area contributed by atoms with Crippen LogP contribution in [0.3, 0.4) is 0 Å². The number of carbonyl (C=O) groups is 2. The highest BCUT2D eigenvalue weighted by atomic mass is 16.5. The monoisotopic (exact) mass is 293 g/mol. The van der Waals surface area contributed by atoms with Gasteiger partial charge in [0.05, 0.1) is 7.11 Å². The molecule has 0 aliphatic carbocycles. The molecule has 22 heavy (non-hydrogen) atoms. The van der Waals surface area contributed by atoms with Crippen LogP contribution in [0.1, 0.15) is 27.5 Å². The fourth-order valence-electron chi connectivity index (χ4n) is 1.97. The second-order valence-corrected chi connectivity index (χ2v) is 4.56. The van der Waals surface area contributed by atoms with Gasteiger partial charge in [-0.25, -0.2) is 4.79 Å². The maximum absolute atomic E-state index is 12.3. The van der Waals surface area contributed by atoms with Crippen molar-refractivity contribution in [3.8, 4) is 12.3 Å². The number of terminal acetylenes is 1. The van der Waals surface area contributed by atoms with E-state index in [-0.39, 0.29) is 5.91 Å². The number of nitrogens with one attached hydrogen (secondary N) is 1. The Labute approximate surface area is 129 Å². The first-order valence-corrected chi connectivity index (χ1v) is 6.66. The third-order valence-electron chi connectivity index (χ3n) is 3.16. The van der Waals surface area contributed by atoms with Crippen molar-refractivity contribution < 1.29 is 14.3 Å². The van der Waals surface area contributed by atoms with E-state index in [4.69, 9.17) is 11.2 Å². The summed E-state index contributed by atoms with van der Waals surface area (Å²) in [5.74, 6) is 1.58. The average molecular weight is 293 g/mol. The quantitative estimate of drug-likeness (QED) is 0.695. The van der Waals surface area contributed by atoms with Crippen LogP contribution in [0.4, 0.5) is 0 Å². The Morgan fingerprint density at radius 2 is 1.73 bits per heavy atom. The molecule has 0 saturated heterocycles. The molecule has 1 N–H and O–H groups in total. The van der Waals surface area contributed by atoms with Crippen LogP contribution in [0.25, 0.3) is 0 Å². The summed E-state index contributed by atoms with van der Waals surface area (Å²) in [6, 6.07) is 14.6. The molecule has 2 aromatic carbocycles. The first kappa shape index (κ1) is 15.3. The summed E-state index contributed by atoms with van der Waals surface area (Å²) < 4.78 is 4.76. The van der Waals surface area contributed by atoms with Gasteiger partial charge in [-0.3, -0.25) is 4.79 Å². The van der Waals surface area contributed by atoms with E-state index in [1.54, 1.807) is 48.5 Å². The van der Waals surface area contributed by atoms with E-state index in [1.165, 1.54) is 7.11 Å². The maximum atomic E-state index is 12.3. The number of methoxy groups -OCH3 is 1. The molecule has 2 rings (SSSR count). The van der Waals surface area contributed by atoms with E-state index >= 15 is 0 Å². The SMILES string of the molecule is C#Cc1ccc(C(=O)NC(C(=O)OC)c2ccccc2)cc1. The summed E-state index contributed by atoms with van der Waals surface area (Å²) in [5, 5.41) is 2.67. The average Bonchev–Trinajstić information content (AvgIpc) is 2.59. The van der Waals surface area contributed by atoms with Crippen LogP contribution in [-0.2, 0) is 9.53 Å². The zero-order chi connectivity index (χ0) is 15.9. The van der Waals surface area contributed by atoms with Crippen molar-refractivity contribution in [3.05, 3.63) is 71.3 Å². The van der Waals surface area contributed by atoms with Crippen LogP contribution < -0.4 is 5.32 Å². The predicted octanol–water partition coefficient (Wildman–Crippen LogP) is 2.31. The Balaban J connectivity index is 2.21. The Morgan fingerprint density at radius 1 is 1.09 bits per heavy atom. The minimum Gasteiger partial charge on any atom is -0.467 e. The van der Waals surface area contributed by atoms with E-state index in [0.29, 0.717) is 16.7 Å². The van der Waals surface area contributed by atoms with Crippen LogP contribution in [0, 0.1) is 12.3 Å². The minimum absolute atomic E-state index is 0.372. The van der Waals surface area contributed by atoms with Crippen molar-refractivity contribution in [2.75, 3.05) is 7.11 Å². The maximum Gasteiger partial charge on any atom is 0.333 e. The van der Waals surface area contributed by atoms with E-state index in [9.17, 15) is 9.59 Å². The lowest BCUT2D eigenvalue weighted by Crippen LogP contribution is -2.34. The molecule has 0 heterocycles. The molecule has 1 atom stereocenters.